The van der Waals surface area contributed by atoms with Gasteiger partial charge in [0.15, 0.2) is 11.6 Å². The Morgan fingerprint density at radius 1 is 0.952 bits per heavy atom. The van der Waals surface area contributed by atoms with E-state index in [0.717, 1.165) is 31.3 Å². The highest BCUT2D eigenvalue weighted by atomic mass is 19.2. The SMILES string of the molecule is CC(C)(C)CN1CCC2(CC1)CN(c1ccccc1NC(=O)Nc1ccc(C(C)(C)C)cc1)c1c(O)cc(F)c(F)c12. The number of nitrogens with one attached hydrogen (secondary N) is 2. The van der Waals surface area contributed by atoms with Crippen LogP contribution in [0.4, 0.5) is 36.3 Å². The third-order valence-corrected chi connectivity index (χ3v) is 8.40. The maximum Gasteiger partial charge on any atom is 0.323 e. The van der Waals surface area contributed by atoms with Crippen LogP contribution in [0.2, 0.25) is 0 Å². The summed E-state index contributed by atoms with van der Waals surface area (Å²) < 4.78 is 30.3. The molecule has 0 unspecified atom stereocenters. The lowest BCUT2D eigenvalue weighted by atomic mass is 9.73. The van der Waals surface area contributed by atoms with E-state index in [1.54, 1.807) is 12.1 Å². The molecule has 2 aliphatic heterocycles. The Balaban J connectivity index is 1.43. The number of para-hydroxylation sites is 2. The molecule has 0 radical (unpaired) electrons. The number of piperidine rings is 1. The van der Waals surface area contributed by atoms with Gasteiger partial charge in [0.2, 0.25) is 0 Å². The first-order valence-corrected chi connectivity index (χ1v) is 14.7. The van der Waals surface area contributed by atoms with Gasteiger partial charge in [-0.25, -0.2) is 13.6 Å². The fourth-order valence-electron chi connectivity index (χ4n) is 6.40. The number of fused-ring (bicyclic) bond motifs is 2. The van der Waals surface area contributed by atoms with Crippen molar-refractivity contribution in [3.8, 4) is 5.75 Å². The van der Waals surface area contributed by atoms with Crippen LogP contribution in [0.5, 0.6) is 5.75 Å². The molecule has 5 rings (SSSR count). The average Bonchev–Trinajstić information content (AvgIpc) is 3.23. The van der Waals surface area contributed by atoms with Crippen molar-refractivity contribution in [3.05, 3.63) is 77.4 Å². The van der Waals surface area contributed by atoms with Gasteiger partial charge >= 0.3 is 6.03 Å². The second kappa shape index (κ2) is 10.9. The lowest BCUT2D eigenvalue weighted by Crippen LogP contribution is -2.47. The van der Waals surface area contributed by atoms with E-state index in [0.29, 0.717) is 36.4 Å². The standard InChI is InChI=1S/C34H42F2N4O2/c1-32(2,3)20-39-17-15-34(16-18-39)21-40(30-27(41)19-24(35)29(36)28(30)34)26-10-8-7-9-25(26)38-31(42)37-23-13-11-22(12-14-23)33(4,5)6/h7-14,19,41H,15-18,20-21H2,1-6H3,(H2,37,38,42). The fraction of sp³-hybridized carbons (Fsp3) is 0.441. The summed E-state index contributed by atoms with van der Waals surface area (Å²) >= 11 is 0. The highest BCUT2D eigenvalue weighted by molar-refractivity contribution is 6.02. The molecular formula is C34H42F2N4O2. The molecule has 224 valence electrons. The first-order chi connectivity index (χ1) is 19.7. The van der Waals surface area contributed by atoms with Crippen LogP contribution in [-0.4, -0.2) is 42.2 Å². The third-order valence-electron chi connectivity index (χ3n) is 8.40. The predicted octanol–water partition coefficient (Wildman–Crippen LogP) is 8.14. The van der Waals surface area contributed by atoms with Gasteiger partial charge in [-0.3, -0.25) is 0 Å². The molecule has 0 saturated carbocycles. The second-order valence-electron chi connectivity index (χ2n) is 14.0. The lowest BCUT2D eigenvalue weighted by molar-refractivity contribution is 0.124. The molecule has 6 nitrogen and oxygen atoms in total. The summed E-state index contributed by atoms with van der Waals surface area (Å²) in [7, 11) is 0. The van der Waals surface area contributed by atoms with E-state index in [9.17, 15) is 14.3 Å². The average molecular weight is 577 g/mol. The molecule has 1 spiro atoms. The fourth-order valence-corrected chi connectivity index (χ4v) is 6.40. The van der Waals surface area contributed by atoms with E-state index in [1.165, 1.54) is 0 Å². The molecule has 1 saturated heterocycles. The lowest BCUT2D eigenvalue weighted by Gasteiger charge is -2.42. The van der Waals surface area contributed by atoms with E-state index in [1.807, 2.05) is 41.3 Å². The molecule has 0 bridgehead atoms. The first-order valence-electron chi connectivity index (χ1n) is 14.7. The highest BCUT2D eigenvalue weighted by Gasteiger charge is 2.49. The Hall–Kier alpha value is -3.65. The van der Waals surface area contributed by atoms with Gasteiger partial charge in [-0.15, -0.1) is 0 Å². The van der Waals surface area contributed by atoms with Crippen molar-refractivity contribution >= 4 is 28.8 Å². The minimum Gasteiger partial charge on any atom is -0.506 e. The molecule has 0 aliphatic carbocycles. The Labute approximate surface area is 247 Å². The number of carbonyl (C=O) groups excluding carboxylic acids is 1. The summed E-state index contributed by atoms with van der Waals surface area (Å²) in [6.07, 6.45) is 1.26. The number of anilines is 4. The number of carbonyl (C=O) groups is 1. The van der Waals surface area contributed by atoms with E-state index < -0.39 is 23.1 Å². The number of aromatic hydroxyl groups is 1. The quantitative estimate of drug-likeness (QED) is 0.293. The molecule has 3 N–H and O–H groups in total. The van der Waals surface area contributed by atoms with Crippen LogP contribution in [0.15, 0.2) is 54.6 Å². The normalized spacial score (nSPS) is 16.9. The molecule has 3 aromatic carbocycles. The molecule has 2 amide bonds. The van der Waals surface area contributed by atoms with Crippen LogP contribution in [0.1, 0.15) is 65.5 Å². The minimum absolute atomic E-state index is 0.000268. The highest BCUT2D eigenvalue weighted by Crippen LogP contribution is 2.55. The maximum absolute atomic E-state index is 15.6. The summed E-state index contributed by atoms with van der Waals surface area (Å²) in [6, 6.07) is 15.4. The second-order valence-corrected chi connectivity index (χ2v) is 14.0. The van der Waals surface area contributed by atoms with E-state index >= 15 is 4.39 Å². The number of phenolic OH excluding ortho intramolecular Hbond substituents is 1. The van der Waals surface area contributed by atoms with Crippen molar-refractivity contribution < 1.29 is 18.7 Å². The molecule has 0 aromatic heterocycles. The number of hydrogen-bond donors (Lipinski definition) is 3. The number of nitrogens with zero attached hydrogens (tertiary/aromatic N) is 2. The summed E-state index contributed by atoms with van der Waals surface area (Å²) in [5.41, 5.74) is 2.87. The number of urea groups is 1. The smallest absolute Gasteiger partial charge is 0.323 e. The molecule has 1 fully saturated rings. The van der Waals surface area contributed by atoms with Gasteiger partial charge in [-0.2, -0.15) is 0 Å². The van der Waals surface area contributed by atoms with Crippen molar-refractivity contribution in [1.82, 2.24) is 4.90 Å². The number of benzene rings is 3. The van der Waals surface area contributed by atoms with Crippen LogP contribution in [-0.2, 0) is 10.8 Å². The van der Waals surface area contributed by atoms with Crippen LogP contribution >= 0.6 is 0 Å². The number of amides is 2. The van der Waals surface area contributed by atoms with Crippen LogP contribution < -0.4 is 15.5 Å². The minimum atomic E-state index is -1.05. The molecule has 0 atom stereocenters. The van der Waals surface area contributed by atoms with Crippen molar-refractivity contribution in [3.63, 3.8) is 0 Å². The zero-order chi connectivity index (χ0) is 30.4. The van der Waals surface area contributed by atoms with Gasteiger partial charge in [-0.1, -0.05) is 65.8 Å². The number of halogens is 2. The van der Waals surface area contributed by atoms with E-state index in [2.05, 4.69) is 57.1 Å². The molecule has 2 heterocycles. The van der Waals surface area contributed by atoms with Crippen molar-refractivity contribution in [2.45, 2.75) is 65.2 Å². The van der Waals surface area contributed by atoms with E-state index in [4.69, 9.17) is 0 Å². The maximum atomic E-state index is 15.6. The Morgan fingerprint density at radius 3 is 2.21 bits per heavy atom. The number of phenols is 1. The molecule has 8 heteroatoms. The van der Waals surface area contributed by atoms with Crippen molar-refractivity contribution in [1.29, 1.82) is 0 Å². The summed E-state index contributed by atoms with van der Waals surface area (Å²) in [6.45, 7) is 15.8. The van der Waals surface area contributed by atoms with E-state index in [-0.39, 0.29) is 27.8 Å². The molecular weight excluding hydrogens is 534 g/mol. The summed E-state index contributed by atoms with van der Waals surface area (Å²) in [4.78, 5) is 17.3. The van der Waals surface area contributed by atoms with Crippen LogP contribution in [0, 0.1) is 17.0 Å². The monoisotopic (exact) mass is 576 g/mol. The Kier molecular flexibility index (Phi) is 7.73. The molecule has 2 aliphatic rings. The Bertz CT molecular complexity index is 1470. The summed E-state index contributed by atoms with van der Waals surface area (Å²) in [5, 5.41) is 16.8. The zero-order valence-electron chi connectivity index (χ0n) is 25.4. The van der Waals surface area contributed by atoms with Gasteiger partial charge in [-0.05, 0) is 66.6 Å². The topological polar surface area (TPSA) is 67.8 Å². The third kappa shape index (κ3) is 5.95. The van der Waals surface area contributed by atoms with Crippen LogP contribution in [0.25, 0.3) is 0 Å². The van der Waals surface area contributed by atoms with Crippen molar-refractivity contribution in [2.24, 2.45) is 5.41 Å². The van der Waals surface area contributed by atoms with Gasteiger partial charge in [0.1, 0.15) is 5.75 Å². The number of likely N-dealkylation sites (tertiary alicyclic amines) is 1. The number of hydrogen-bond acceptors (Lipinski definition) is 4. The largest absolute Gasteiger partial charge is 0.506 e. The van der Waals surface area contributed by atoms with Gasteiger partial charge in [0, 0.05) is 35.8 Å². The summed E-state index contributed by atoms with van der Waals surface area (Å²) in [5.74, 6) is -2.26. The van der Waals surface area contributed by atoms with Gasteiger partial charge in [0.25, 0.3) is 0 Å². The Morgan fingerprint density at radius 2 is 1.60 bits per heavy atom. The molecule has 42 heavy (non-hydrogen) atoms. The zero-order valence-corrected chi connectivity index (χ0v) is 25.4. The van der Waals surface area contributed by atoms with Crippen LogP contribution in [0.3, 0.4) is 0 Å². The predicted molar refractivity (Wildman–Crippen MR) is 166 cm³/mol. The molecule has 3 aromatic rings. The van der Waals surface area contributed by atoms with Gasteiger partial charge in [0.05, 0.1) is 17.1 Å². The van der Waals surface area contributed by atoms with Crippen molar-refractivity contribution in [2.75, 3.05) is 41.7 Å². The first kappa shape index (κ1) is 29.8. The number of rotatable bonds is 4. The van der Waals surface area contributed by atoms with Gasteiger partial charge < -0.3 is 25.5 Å².